The van der Waals surface area contributed by atoms with E-state index in [-0.39, 0.29) is 31.6 Å². The highest BCUT2D eigenvalue weighted by Gasteiger charge is 2.54. The van der Waals surface area contributed by atoms with Crippen LogP contribution in [0.25, 0.3) is 0 Å². The number of piperidine rings is 1. The number of alkyl halides is 3. The molecule has 42 heavy (non-hydrogen) atoms. The van der Waals surface area contributed by atoms with Crippen molar-refractivity contribution in [2.75, 3.05) is 31.2 Å². The Morgan fingerprint density at radius 2 is 1.57 bits per heavy atom. The third-order valence-electron chi connectivity index (χ3n) is 7.65. The fourth-order valence-electron chi connectivity index (χ4n) is 5.55. The van der Waals surface area contributed by atoms with Crippen LogP contribution < -0.4 is 10.2 Å². The van der Waals surface area contributed by atoms with Gasteiger partial charge in [0.2, 0.25) is 5.91 Å². The Bertz CT molecular complexity index is 1470. The number of carbonyl (C=O) groups is 3. The largest absolute Gasteiger partial charge is 0.416 e. The molecule has 0 saturated carbocycles. The second kappa shape index (κ2) is 11.9. The molecule has 2 saturated heterocycles. The van der Waals surface area contributed by atoms with Crippen molar-refractivity contribution in [3.05, 3.63) is 99.5 Å². The standard InChI is InChI=1S/C30H27Cl2F3N4O3/c31-23-14-21(15-24(32)16-23)27(41)37-11-9-29(10-12-37)28(42)38(19-39(29)25-7-2-1-3-8-25)18-26(40)36-17-20-5-4-6-22(13-20)30(33,34)35/h1-8,13-16H,9-12,17-19H2,(H,36,40). The van der Waals surface area contributed by atoms with Crippen LogP contribution in [0.1, 0.15) is 34.3 Å². The van der Waals surface area contributed by atoms with Crippen LogP contribution >= 0.6 is 23.2 Å². The number of amides is 3. The van der Waals surface area contributed by atoms with Gasteiger partial charge in [0.1, 0.15) is 12.1 Å². The number of carbonyl (C=O) groups excluding carboxylic acids is 3. The van der Waals surface area contributed by atoms with Crippen molar-refractivity contribution in [2.45, 2.75) is 31.1 Å². The topological polar surface area (TPSA) is 73.0 Å². The second-order valence-corrected chi connectivity index (χ2v) is 11.2. The van der Waals surface area contributed by atoms with Crippen molar-refractivity contribution in [3.63, 3.8) is 0 Å². The lowest BCUT2D eigenvalue weighted by Gasteiger charge is -2.43. The first-order chi connectivity index (χ1) is 20.0. The van der Waals surface area contributed by atoms with Gasteiger partial charge in [0, 0.05) is 40.9 Å². The van der Waals surface area contributed by atoms with E-state index in [0.717, 1.165) is 17.8 Å². The Kier molecular flexibility index (Phi) is 8.39. The predicted molar refractivity (Wildman–Crippen MR) is 153 cm³/mol. The van der Waals surface area contributed by atoms with Crippen LogP contribution in [-0.4, -0.2) is 59.4 Å². The molecule has 3 aromatic rings. The molecule has 7 nitrogen and oxygen atoms in total. The summed E-state index contributed by atoms with van der Waals surface area (Å²) < 4.78 is 39.1. The van der Waals surface area contributed by atoms with E-state index < -0.39 is 23.2 Å². The van der Waals surface area contributed by atoms with E-state index in [1.807, 2.05) is 35.2 Å². The zero-order chi connectivity index (χ0) is 30.1. The molecular formula is C30H27Cl2F3N4O3. The van der Waals surface area contributed by atoms with Gasteiger partial charge in [0.25, 0.3) is 11.8 Å². The van der Waals surface area contributed by atoms with Gasteiger partial charge in [-0.15, -0.1) is 0 Å². The molecule has 0 bridgehead atoms. The first kappa shape index (κ1) is 29.7. The maximum absolute atomic E-state index is 13.9. The predicted octanol–water partition coefficient (Wildman–Crippen LogP) is 5.61. The number of halogens is 5. The fraction of sp³-hybridized carbons (Fsp3) is 0.300. The number of rotatable bonds is 6. The van der Waals surface area contributed by atoms with E-state index in [4.69, 9.17) is 23.2 Å². The van der Waals surface area contributed by atoms with E-state index in [1.165, 1.54) is 17.0 Å². The minimum absolute atomic E-state index is 0.108. The Balaban J connectivity index is 1.29. The third-order valence-corrected chi connectivity index (χ3v) is 8.08. The molecule has 220 valence electrons. The van der Waals surface area contributed by atoms with E-state index in [9.17, 15) is 27.6 Å². The number of para-hydroxylation sites is 1. The summed E-state index contributed by atoms with van der Waals surface area (Å²) in [7, 11) is 0. The van der Waals surface area contributed by atoms with E-state index in [2.05, 4.69) is 5.32 Å². The fourth-order valence-corrected chi connectivity index (χ4v) is 6.08. The van der Waals surface area contributed by atoms with Crippen molar-refractivity contribution >= 4 is 46.6 Å². The number of likely N-dealkylation sites (tertiary alicyclic amines) is 1. The molecule has 3 amide bonds. The van der Waals surface area contributed by atoms with Crippen molar-refractivity contribution in [2.24, 2.45) is 0 Å². The number of anilines is 1. The number of hydrogen-bond acceptors (Lipinski definition) is 4. The molecule has 12 heteroatoms. The van der Waals surface area contributed by atoms with Gasteiger partial charge < -0.3 is 20.0 Å². The van der Waals surface area contributed by atoms with Gasteiger partial charge >= 0.3 is 6.18 Å². The minimum Gasteiger partial charge on any atom is -0.350 e. The first-order valence-electron chi connectivity index (χ1n) is 13.3. The molecule has 2 fully saturated rings. The molecule has 5 rings (SSSR count). The quantitative estimate of drug-likeness (QED) is 0.390. The lowest BCUT2D eigenvalue weighted by atomic mass is 9.85. The molecule has 0 radical (unpaired) electrons. The Morgan fingerprint density at radius 1 is 0.905 bits per heavy atom. The average Bonchev–Trinajstić information content (AvgIpc) is 3.22. The molecule has 0 aliphatic carbocycles. The monoisotopic (exact) mass is 618 g/mol. The smallest absolute Gasteiger partial charge is 0.350 e. The molecule has 1 N–H and O–H groups in total. The molecule has 2 aliphatic heterocycles. The van der Waals surface area contributed by atoms with Crippen LogP contribution in [0.3, 0.4) is 0 Å². The van der Waals surface area contributed by atoms with Gasteiger partial charge in [-0.1, -0.05) is 53.5 Å². The van der Waals surface area contributed by atoms with E-state index >= 15 is 0 Å². The van der Waals surface area contributed by atoms with Crippen LogP contribution in [0.15, 0.2) is 72.8 Å². The summed E-state index contributed by atoms with van der Waals surface area (Å²) in [5.41, 5.74) is -0.302. The van der Waals surface area contributed by atoms with E-state index in [0.29, 0.717) is 47.1 Å². The lowest BCUT2D eigenvalue weighted by molar-refractivity contribution is -0.138. The van der Waals surface area contributed by atoms with Crippen molar-refractivity contribution in [1.82, 2.24) is 15.1 Å². The highest BCUT2D eigenvalue weighted by atomic mass is 35.5. The van der Waals surface area contributed by atoms with Crippen LogP contribution in [0.5, 0.6) is 0 Å². The number of nitrogens with one attached hydrogen (secondary N) is 1. The van der Waals surface area contributed by atoms with Crippen LogP contribution in [-0.2, 0) is 22.3 Å². The molecule has 0 unspecified atom stereocenters. The molecule has 2 aliphatic rings. The van der Waals surface area contributed by atoms with Crippen LogP contribution in [0, 0.1) is 0 Å². The summed E-state index contributed by atoms with van der Waals surface area (Å²) in [6.07, 6.45) is -3.81. The summed E-state index contributed by atoms with van der Waals surface area (Å²) in [6, 6.07) is 18.7. The SMILES string of the molecule is O=C(CN1CN(c2ccccc2)C2(CCN(C(=O)c3cc(Cl)cc(Cl)c3)CC2)C1=O)NCc1cccc(C(F)(F)F)c1. The normalized spacial score (nSPS) is 16.7. The molecule has 0 aromatic heterocycles. The third kappa shape index (κ3) is 6.19. The zero-order valence-corrected chi connectivity index (χ0v) is 23.8. The summed E-state index contributed by atoms with van der Waals surface area (Å²) in [5.74, 6) is -0.966. The number of benzene rings is 3. The number of hydrogen-bond donors (Lipinski definition) is 1. The molecular weight excluding hydrogens is 592 g/mol. The van der Waals surface area contributed by atoms with Crippen LogP contribution in [0.4, 0.5) is 18.9 Å². The van der Waals surface area contributed by atoms with Crippen molar-refractivity contribution in [1.29, 1.82) is 0 Å². The second-order valence-electron chi connectivity index (χ2n) is 10.4. The van der Waals surface area contributed by atoms with Gasteiger partial charge in [-0.25, -0.2) is 0 Å². The Labute approximate surface area is 250 Å². The molecule has 2 heterocycles. The van der Waals surface area contributed by atoms with Gasteiger partial charge in [-0.05, 0) is 60.9 Å². The summed E-state index contributed by atoms with van der Waals surface area (Å²) in [6.45, 7) is 0.383. The first-order valence-corrected chi connectivity index (χ1v) is 14.0. The average molecular weight is 619 g/mol. The Hall–Kier alpha value is -3.76. The zero-order valence-electron chi connectivity index (χ0n) is 22.3. The summed E-state index contributed by atoms with van der Waals surface area (Å²) >= 11 is 12.2. The van der Waals surface area contributed by atoms with Crippen molar-refractivity contribution in [3.8, 4) is 0 Å². The van der Waals surface area contributed by atoms with E-state index in [1.54, 1.807) is 23.1 Å². The maximum atomic E-state index is 13.9. The van der Waals surface area contributed by atoms with Gasteiger partial charge in [-0.2, -0.15) is 13.2 Å². The highest BCUT2D eigenvalue weighted by molar-refractivity contribution is 6.35. The van der Waals surface area contributed by atoms with Gasteiger partial charge in [0.15, 0.2) is 0 Å². The highest BCUT2D eigenvalue weighted by Crippen LogP contribution is 2.40. The number of nitrogens with zero attached hydrogens (tertiary/aromatic N) is 3. The molecule has 3 aromatic carbocycles. The molecule has 0 atom stereocenters. The summed E-state index contributed by atoms with van der Waals surface area (Å²) in [5, 5.41) is 3.33. The Morgan fingerprint density at radius 3 is 2.21 bits per heavy atom. The summed E-state index contributed by atoms with van der Waals surface area (Å²) in [4.78, 5) is 45.0. The molecule has 1 spiro atoms. The maximum Gasteiger partial charge on any atom is 0.416 e. The van der Waals surface area contributed by atoms with Crippen LogP contribution in [0.2, 0.25) is 10.0 Å². The lowest BCUT2D eigenvalue weighted by Crippen LogP contribution is -2.57. The van der Waals surface area contributed by atoms with Crippen molar-refractivity contribution < 1.29 is 27.6 Å². The van der Waals surface area contributed by atoms with Gasteiger partial charge in [0.05, 0.1) is 12.2 Å². The van der Waals surface area contributed by atoms with Gasteiger partial charge in [-0.3, -0.25) is 14.4 Å². The minimum atomic E-state index is -4.49.